The standard InChI is InChI=1S/C21H29N/c1-5-15-22-16-7-8-21(18(22)4)14-11-19-9-12-20(13-10-19)17(3)6-2/h7-10,12-13,16-17H,4-6,11,14-15H2,1-3H3. The first kappa shape index (κ1) is 16.6. The highest BCUT2D eigenvalue weighted by atomic mass is 15.1. The zero-order valence-electron chi connectivity index (χ0n) is 14.3. The smallest absolute Gasteiger partial charge is 0.0365 e. The lowest BCUT2D eigenvalue weighted by atomic mass is 9.95. The van der Waals surface area contributed by atoms with Gasteiger partial charge in [-0.15, -0.1) is 0 Å². The molecule has 1 nitrogen and oxygen atoms in total. The minimum atomic E-state index is 0.655. The number of allylic oxidation sites excluding steroid dienone is 3. The van der Waals surface area contributed by atoms with Gasteiger partial charge in [-0.2, -0.15) is 0 Å². The molecule has 1 aliphatic heterocycles. The molecule has 0 spiro atoms. The molecule has 0 bridgehead atoms. The van der Waals surface area contributed by atoms with Gasteiger partial charge in [0.15, 0.2) is 0 Å². The molecule has 118 valence electrons. The summed E-state index contributed by atoms with van der Waals surface area (Å²) in [7, 11) is 0. The average molecular weight is 295 g/mol. The van der Waals surface area contributed by atoms with Gasteiger partial charge in [-0.25, -0.2) is 0 Å². The van der Waals surface area contributed by atoms with Crippen LogP contribution in [0.3, 0.4) is 0 Å². The Morgan fingerprint density at radius 3 is 2.45 bits per heavy atom. The molecule has 0 aromatic heterocycles. The first-order valence-electron chi connectivity index (χ1n) is 8.57. The molecule has 0 radical (unpaired) electrons. The molecule has 0 N–H and O–H groups in total. The number of benzene rings is 1. The van der Waals surface area contributed by atoms with Gasteiger partial charge in [-0.05, 0) is 54.4 Å². The Kier molecular flexibility index (Phi) is 6.06. The number of hydrogen-bond acceptors (Lipinski definition) is 1. The quantitative estimate of drug-likeness (QED) is 0.613. The first-order valence-corrected chi connectivity index (χ1v) is 8.57. The van der Waals surface area contributed by atoms with E-state index in [4.69, 9.17) is 0 Å². The first-order chi connectivity index (χ1) is 10.7. The number of nitrogens with zero attached hydrogens (tertiary/aromatic N) is 1. The van der Waals surface area contributed by atoms with E-state index >= 15 is 0 Å². The summed E-state index contributed by atoms with van der Waals surface area (Å²) in [4.78, 5) is 2.27. The van der Waals surface area contributed by atoms with Crippen molar-refractivity contribution in [2.45, 2.75) is 52.4 Å². The van der Waals surface area contributed by atoms with Gasteiger partial charge in [-0.1, -0.05) is 57.7 Å². The van der Waals surface area contributed by atoms with E-state index in [2.05, 4.69) is 74.9 Å². The Morgan fingerprint density at radius 2 is 1.82 bits per heavy atom. The molecule has 1 aromatic carbocycles. The third-order valence-corrected chi connectivity index (χ3v) is 4.59. The highest BCUT2D eigenvalue weighted by Crippen LogP contribution is 2.24. The van der Waals surface area contributed by atoms with Gasteiger partial charge in [0, 0.05) is 18.4 Å². The van der Waals surface area contributed by atoms with E-state index in [1.807, 2.05) is 0 Å². The summed E-state index contributed by atoms with van der Waals surface area (Å²) < 4.78 is 0. The van der Waals surface area contributed by atoms with E-state index in [0.717, 1.165) is 25.8 Å². The van der Waals surface area contributed by atoms with Crippen LogP contribution >= 0.6 is 0 Å². The van der Waals surface area contributed by atoms with Gasteiger partial charge < -0.3 is 4.90 Å². The molecule has 1 heterocycles. The Morgan fingerprint density at radius 1 is 1.09 bits per heavy atom. The van der Waals surface area contributed by atoms with Crippen LogP contribution in [0.1, 0.15) is 57.1 Å². The summed E-state index contributed by atoms with van der Waals surface area (Å²) in [6, 6.07) is 9.15. The van der Waals surface area contributed by atoms with Crippen LogP contribution in [0.15, 0.2) is 60.5 Å². The molecule has 1 atom stereocenters. The lowest BCUT2D eigenvalue weighted by molar-refractivity contribution is 0.463. The molecule has 1 aliphatic rings. The van der Waals surface area contributed by atoms with Crippen LogP contribution in [0.4, 0.5) is 0 Å². The second kappa shape index (κ2) is 8.03. The molecule has 0 saturated carbocycles. The maximum Gasteiger partial charge on any atom is 0.0365 e. The normalized spacial score (nSPS) is 15.9. The molecule has 0 aliphatic carbocycles. The summed E-state index contributed by atoms with van der Waals surface area (Å²) >= 11 is 0. The highest BCUT2D eigenvalue weighted by Gasteiger charge is 2.12. The van der Waals surface area contributed by atoms with Crippen molar-refractivity contribution in [1.29, 1.82) is 0 Å². The van der Waals surface area contributed by atoms with Crippen LogP contribution in [-0.2, 0) is 6.42 Å². The fourth-order valence-electron chi connectivity index (χ4n) is 2.84. The molecule has 0 fully saturated rings. The predicted molar refractivity (Wildman–Crippen MR) is 96.8 cm³/mol. The second-order valence-electron chi connectivity index (χ2n) is 6.22. The maximum absolute atomic E-state index is 4.26. The van der Waals surface area contributed by atoms with E-state index in [0.29, 0.717) is 5.92 Å². The van der Waals surface area contributed by atoms with Crippen LogP contribution in [0, 0.1) is 0 Å². The summed E-state index contributed by atoms with van der Waals surface area (Å²) in [6.07, 6.45) is 11.0. The van der Waals surface area contributed by atoms with Crippen LogP contribution in [0.5, 0.6) is 0 Å². The lowest BCUT2D eigenvalue weighted by Crippen LogP contribution is -2.20. The van der Waals surface area contributed by atoms with Gasteiger partial charge in [0.25, 0.3) is 0 Å². The van der Waals surface area contributed by atoms with Gasteiger partial charge in [0.05, 0.1) is 0 Å². The molecular weight excluding hydrogens is 266 g/mol. The minimum Gasteiger partial charge on any atom is -0.348 e. The Labute approximate surface area is 136 Å². The fraction of sp³-hybridized carbons (Fsp3) is 0.429. The van der Waals surface area contributed by atoms with Crippen molar-refractivity contribution in [2.24, 2.45) is 0 Å². The third kappa shape index (κ3) is 4.13. The zero-order valence-corrected chi connectivity index (χ0v) is 14.3. The van der Waals surface area contributed by atoms with Gasteiger partial charge in [0.2, 0.25) is 0 Å². The van der Waals surface area contributed by atoms with Crippen LogP contribution in [-0.4, -0.2) is 11.4 Å². The molecular formula is C21H29N. The van der Waals surface area contributed by atoms with Crippen molar-refractivity contribution in [3.05, 3.63) is 71.6 Å². The molecule has 1 heteroatoms. The Bertz CT molecular complexity index is 548. The SMILES string of the molecule is C=C1C(CCc2ccc(C(C)CC)cc2)=CC=CN1CCC. The average Bonchev–Trinajstić information content (AvgIpc) is 2.55. The number of hydrogen-bond donors (Lipinski definition) is 0. The molecule has 0 amide bonds. The lowest BCUT2D eigenvalue weighted by Gasteiger charge is -2.27. The zero-order chi connectivity index (χ0) is 15.9. The molecule has 1 aromatic rings. The molecule has 0 saturated heterocycles. The number of aryl methyl sites for hydroxylation is 1. The van der Waals surface area contributed by atoms with Crippen molar-refractivity contribution in [2.75, 3.05) is 6.54 Å². The Hall–Kier alpha value is -1.76. The molecule has 1 unspecified atom stereocenters. The van der Waals surface area contributed by atoms with Crippen molar-refractivity contribution >= 4 is 0 Å². The molecule has 22 heavy (non-hydrogen) atoms. The Balaban J connectivity index is 1.94. The topological polar surface area (TPSA) is 3.24 Å². The van der Waals surface area contributed by atoms with Crippen LogP contribution < -0.4 is 0 Å². The van der Waals surface area contributed by atoms with Gasteiger partial charge >= 0.3 is 0 Å². The van der Waals surface area contributed by atoms with E-state index < -0.39 is 0 Å². The number of rotatable bonds is 7. The minimum absolute atomic E-state index is 0.655. The van der Waals surface area contributed by atoms with Crippen molar-refractivity contribution in [3.8, 4) is 0 Å². The summed E-state index contributed by atoms with van der Waals surface area (Å²) in [5.41, 5.74) is 5.39. The fourth-order valence-corrected chi connectivity index (χ4v) is 2.84. The van der Waals surface area contributed by atoms with E-state index in [1.165, 1.54) is 28.8 Å². The summed E-state index contributed by atoms with van der Waals surface area (Å²) in [5.74, 6) is 0.655. The van der Waals surface area contributed by atoms with Crippen molar-refractivity contribution < 1.29 is 0 Å². The van der Waals surface area contributed by atoms with Gasteiger partial charge in [0.1, 0.15) is 0 Å². The van der Waals surface area contributed by atoms with Crippen LogP contribution in [0.2, 0.25) is 0 Å². The summed E-state index contributed by atoms with van der Waals surface area (Å²) in [6.45, 7) is 12.1. The second-order valence-corrected chi connectivity index (χ2v) is 6.22. The van der Waals surface area contributed by atoms with E-state index in [1.54, 1.807) is 0 Å². The van der Waals surface area contributed by atoms with E-state index in [-0.39, 0.29) is 0 Å². The summed E-state index contributed by atoms with van der Waals surface area (Å²) in [5, 5.41) is 0. The monoisotopic (exact) mass is 295 g/mol. The van der Waals surface area contributed by atoms with Crippen molar-refractivity contribution in [3.63, 3.8) is 0 Å². The van der Waals surface area contributed by atoms with Crippen LogP contribution in [0.25, 0.3) is 0 Å². The van der Waals surface area contributed by atoms with Crippen molar-refractivity contribution in [1.82, 2.24) is 4.90 Å². The third-order valence-electron chi connectivity index (χ3n) is 4.59. The van der Waals surface area contributed by atoms with E-state index in [9.17, 15) is 0 Å². The van der Waals surface area contributed by atoms with Gasteiger partial charge in [-0.3, -0.25) is 0 Å². The highest BCUT2D eigenvalue weighted by molar-refractivity contribution is 5.36. The largest absolute Gasteiger partial charge is 0.348 e. The maximum atomic E-state index is 4.26. The molecule has 2 rings (SSSR count). The predicted octanol–water partition coefficient (Wildman–Crippen LogP) is 5.81.